The Kier molecular flexibility index (Phi) is 4.00. The van der Waals surface area contributed by atoms with E-state index in [1.54, 1.807) is 0 Å². The molecule has 0 unspecified atom stereocenters. The largest absolute Gasteiger partial charge is 0.355 e. The highest BCUT2D eigenvalue weighted by atomic mass is 16.1. The van der Waals surface area contributed by atoms with Crippen LogP contribution in [0.5, 0.6) is 0 Å². The molecule has 0 aromatic carbocycles. The lowest BCUT2D eigenvalue weighted by Gasteiger charge is -2.40. The van der Waals surface area contributed by atoms with Gasteiger partial charge >= 0.3 is 0 Å². The zero-order valence-corrected chi connectivity index (χ0v) is 11.1. The number of rotatable bonds is 5. The van der Waals surface area contributed by atoms with Crippen molar-refractivity contribution in [1.82, 2.24) is 5.32 Å². The summed E-state index contributed by atoms with van der Waals surface area (Å²) in [5, 5.41) is 3.01. The Bertz CT molecular complexity index is 249. The molecule has 0 atom stereocenters. The molecule has 3 heteroatoms. The van der Waals surface area contributed by atoms with Crippen LogP contribution in [0.1, 0.15) is 53.4 Å². The van der Waals surface area contributed by atoms with Crippen molar-refractivity contribution in [1.29, 1.82) is 0 Å². The monoisotopic (exact) mass is 226 g/mol. The van der Waals surface area contributed by atoms with Crippen LogP contribution in [0.4, 0.5) is 0 Å². The van der Waals surface area contributed by atoms with Gasteiger partial charge in [-0.15, -0.1) is 0 Å². The lowest BCUT2D eigenvalue weighted by Crippen LogP contribution is -2.44. The van der Waals surface area contributed by atoms with E-state index in [-0.39, 0.29) is 11.3 Å². The van der Waals surface area contributed by atoms with Crippen LogP contribution < -0.4 is 11.1 Å². The number of hydrogen-bond donors (Lipinski definition) is 2. The average molecular weight is 226 g/mol. The van der Waals surface area contributed by atoms with Crippen molar-refractivity contribution in [2.24, 2.45) is 17.1 Å². The predicted octanol–water partition coefficient (Wildman–Crippen LogP) is 2.06. The first-order valence-corrected chi connectivity index (χ1v) is 6.26. The van der Waals surface area contributed by atoms with Gasteiger partial charge in [0.05, 0.1) is 0 Å². The summed E-state index contributed by atoms with van der Waals surface area (Å²) in [5.74, 6) is 0.846. The highest BCUT2D eigenvalue weighted by Gasteiger charge is 2.34. The van der Waals surface area contributed by atoms with Gasteiger partial charge in [-0.2, -0.15) is 0 Å². The molecule has 0 bridgehead atoms. The Hall–Kier alpha value is -0.570. The Morgan fingerprint density at radius 1 is 1.31 bits per heavy atom. The van der Waals surface area contributed by atoms with Gasteiger partial charge in [0.1, 0.15) is 0 Å². The lowest BCUT2D eigenvalue weighted by atomic mass is 9.67. The number of hydrogen-bond acceptors (Lipinski definition) is 2. The van der Waals surface area contributed by atoms with E-state index in [2.05, 4.69) is 19.2 Å². The van der Waals surface area contributed by atoms with Crippen LogP contribution in [0.25, 0.3) is 0 Å². The molecule has 1 fully saturated rings. The molecular formula is C13H26N2O. The van der Waals surface area contributed by atoms with Crippen molar-refractivity contribution >= 4 is 5.91 Å². The second-order valence-electron chi connectivity index (χ2n) is 6.56. The number of carbonyl (C=O) groups excluding carboxylic acids is 1. The molecule has 16 heavy (non-hydrogen) atoms. The molecule has 0 aromatic rings. The van der Waals surface area contributed by atoms with Crippen LogP contribution in [0.3, 0.4) is 0 Å². The van der Waals surface area contributed by atoms with Crippen LogP contribution in [-0.2, 0) is 4.79 Å². The summed E-state index contributed by atoms with van der Waals surface area (Å²) in [6.07, 6.45) is 4.36. The van der Waals surface area contributed by atoms with Gasteiger partial charge in [0.2, 0.25) is 5.91 Å². The normalized spacial score (nSPS) is 18.1. The number of nitrogens with two attached hydrogens (primary N) is 1. The van der Waals surface area contributed by atoms with Gasteiger partial charge in [-0.05, 0) is 38.0 Å². The van der Waals surface area contributed by atoms with E-state index in [1.165, 1.54) is 19.3 Å². The number of nitrogens with one attached hydrogen (secondary N) is 1. The quantitative estimate of drug-likeness (QED) is 0.754. The van der Waals surface area contributed by atoms with E-state index in [0.717, 1.165) is 12.5 Å². The molecule has 3 N–H and O–H groups in total. The lowest BCUT2D eigenvalue weighted by molar-refractivity contribution is -0.122. The van der Waals surface area contributed by atoms with Gasteiger partial charge in [0.25, 0.3) is 0 Å². The zero-order valence-electron chi connectivity index (χ0n) is 11.1. The summed E-state index contributed by atoms with van der Waals surface area (Å²) in [5.41, 5.74) is 5.63. The maximum atomic E-state index is 11.6. The SMILES string of the molecule is CC(C)(N)CC(=O)NCC(C)(C)C1CCC1. The van der Waals surface area contributed by atoms with Crippen LogP contribution in [0, 0.1) is 11.3 Å². The van der Waals surface area contributed by atoms with Gasteiger partial charge in [-0.1, -0.05) is 20.3 Å². The van der Waals surface area contributed by atoms with Gasteiger partial charge in [0, 0.05) is 18.5 Å². The smallest absolute Gasteiger partial charge is 0.221 e. The maximum Gasteiger partial charge on any atom is 0.221 e. The van der Waals surface area contributed by atoms with E-state index in [1.807, 2.05) is 13.8 Å². The second-order valence-corrected chi connectivity index (χ2v) is 6.56. The predicted molar refractivity (Wildman–Crippen MR) is 67.0 cm³/mol. The fourth-order valence-corrected chi connectivity index (χ4v) is 2.14. The van der Waals surface area contributed by atoms with Crippen molar-refractivity contribution in [3.63, 3.8) is 0 Å². The van der Waals surface area contributed by atoms with Crippen molar-refractivity contribution < 1.29 is 4.79 Å². The fourth-order valence-electron chi connectivity index (χ4n) is 2.14. The molecule has 0 aliphatic heterocycles. The molecule has 1 saturated carbocycles. The fraction of sp³-hybridized carbons (Fsp3) is 0.923. The molecule has 0 saturated heterocycles. The molecule has 3 nitrogen and oxygen atoms in total. The highest BCUT2D eigenvalue weighted by Crippen LogP contribution is 2.41. The molecule has 1 aliphatic rings. The Labute approximate surface area is 99.2 Å². The number of carbonyl (C=O) groups is 1. The van der Waals surface area contributed by atoms with E-state index in [9.17, 15) is 4.79 Å². The molecule has 0 spiro atoms. The van der Waals surface area contributed by atoms with Crippen LogP contribution in [0.15, 0.2) is 0 Å². The number of amides is 1. The van der Waals surface area contributed by atoms with Gasteiger partial charge < -0.3 is 11.1 Å². The molecule has 0 aromatic heterocycles. The van der Waals surface area contributed by atoms with Gasteiger partial charge in [0.15, 0.2) is 0 Å². The first kappa shape index (κ1) is 13.5. The molecule has 94 valence electrons. The van der Waals surface area contributed by atoms with Crippen molar-refractivity contribution in [2.75, 3.05) is 6.54 Å². The molecule has 1 aliphatic carbocycles. The van der Waals surface area contributed by atoms with Crippen LogP contribution in [0.2, 0.25) is 0 Å². The van der Waals surface area contributed by atoms with Crippen molar-refractivity contribution in [3.05, 3.63) is 0 Å². The third-order valence-electron chi connectivity index (χ3n) is 3.57. The summed E-state index contributed by atoms with van der Waals surface area (Å²) in [7, 11) is 0. The first-order chi connectivity index (χ1) is 7.21. The third kappa shape index (κ3) is 4.12. The van der Waals surface area contributed by atoms with E-state index in [0.29, 0.717) is 6.42 Å². The summed E-state index contributed by atoms with van der Waals surface area (Å²) in [6.45, 7) is 9.01. The Morgan fingerprint density at radius 3 is 2.25 bits per heavy atom. The second kappa shape index (κ2) is 4.74. The third-order valence-corrected chi connectivity index (χ3v) is 3.57. The Morgan fingerprint density at radius 2 is 1.88 bits per heavy atom. The molecule has 0 radical (unpaired) electrons. The van der Waals surface area contributed by atoms with Crippen LogP contribution in [-0.4, -0.2) is 18.0 Å². The minimum Gasteiger partial charge on any atom is -0.355 e. The van der Waals surface area contributed by atoms with E-state index < -0.39 is 5.54 Å². The Balaban J connectivity index is 2.30. The zero-order chi connectivity index (χ0) is 12.4. The summed E-state index contributed by atoms with van der Waals surface area (Å²) < 4.78 is 0. The maximum absolute atomic E-state index is 11.6. The highest BCUT2D eigenvalue weighted by molar-refractivity contribution is 5.77. The van der Waals surface area contributed by atoms with Crippen LogP contribution >= 0.6 is 0 Å². The standard InChI is InChI=1S/C13H26N2O/c1-12(2,10-6-5-7-10)9-15-11(16)8-13(3,4)14/h10H,5-9,14H2,1-4H3,(H,15,16). The summed E-state index contributed by atoms with van der Waals surface area (Å²) in [6, 6.07) is 0. The molecule has 1 amide bonds. The van der Waals surface area contributed by atoms with Crippen molar-refractivity contribution in [2.45, 2.75) is 58.9 Å². The minimum absolute atomic E-state index is 0.0694. The molecular weight excluding hydrogens is 200 g/mol. The summed E-state index contributed by atoms with van der Waals surface area (Å²) >= 11 is 0. The van der Waals surface area contributed by atoms with E-state index >= 15 is 0 Å². The minimum atomic E-state index is -0.412. The average Bonchev–Trinajstić information content (AvgIpc) is 1.93. The first-order valence-electron chi connectivity index (χ1n) is 6.26. The molecule has 0 heterocycles. The van der Waals surface area contributed by atoms with Gasteiger partial charge in [-0.25, -0.2) is 0 Å². The summed E-state index contributed by atoms with van der Waals surface area (Å²) in [4.78, 5) is 11.6. The van der Waals surface area contributed by atoms with Gasteiger partial charge in [-0.3, -0.25) is 4.79 Å². The van der Waals surface area contributed by atoms with E-state index in [4.69, 9.17) is 5.73 Å². The van der Waals surface area contributed by atoms with Crippen molar-refractivity contribution in [3.8, 4) is 0 Å². The topological polar surface area (TPSA) is 55.1 Å². The molecule has 1 rings (SSSR count).